The van der Waals surface area contributed by atoms with E-state index in [4.69, 9.17) is 20.9 Å². The summed E-state index contributed by atoms with van der Waals surface area (Å²) in [6.07, 6.45) is 2.67. The summed E-state index contributed by atoms with van der Waals surface area (Å²) in [7, 11) is 1.55. The smallest absolute Gasteiger partial charge is 0.278 e. The zero-order valence-corrected chi connectivity index (χ0v) is 15.7. The van der Waals surface area contributed by atoms with Crippen LogP contribution in [0.3, 0.4) is 0 Å². The number of halogens is 1. The first-order valence-electron chi connectivity index (χ1n) is 8.42. The van der Waals surface area contributed by atoms with Gasteiger partial charge in [-0.25, -0.2) is 0 Å². The number of aromatic nitrogens is 1. The van der Waals surface area contributed by atoms with Gasteiger partial charge in [-0.05, 0) is 42.4 Å². The molecule has 1 aliphatic carbocycles. The third kappa shape index (κ3) is 3.66. The molecule has 1 aliphatic rings. The molecule has 1 aromatic carbocycles. The topological polar surface area (TPSA) is 64.4 Å². The van der Waals surface area contributed by atoms with Gasteiger partial charge in [-0.1, -0.05) is 37.5 Å². The van der Waals surface area contributed by atoms with Gasteiger partial charge in [-0.3, -0.25) is 4.79 Å². The lowest BCUT2D eigenvalue weighted by Crippen LogP contribution is -2.27. The number of nitrogens with zero attached hydrogens (tertiary/aromatic N) is 1. The molecule has 134 valence electrons. The van der Waals surface area contributed by atoms with Crippen LogP contribution in [0.25, 0.3) is 0 Å². The minimum atomic E-state index is -0.305. The van der Waals surface area contributed by atoms with E-state index in [-0.39, 0.29) is 11.3 Å². The van der Waals surface area contributed by atoms with E-state index in [1.165, 1.54) is 0 Å². The Balaban J connectivity index is 1.86. The molecule has 0 fully saturated rings. The van der Waals surface area contributed by atoms with Crippen molar-refractivity contribution in [3.05, 3.63) is 40.2 Å². The molecule has 25 heavy (non-hydrogen) atoms. The van der Waals surface area contributed by atoms with Crippen LogP contribution in [0.1, 0.15) is 49.0 Å². The summed E-state index contributed by atoms with van der Waals surface area (Å²) in [5.74, 6) is 1.55. The van der Waals surface area contributed by atoms with Crippen molar-refractivity contribution in [1.82, 2.24) is 5.16 Å². The number of hydrogen-bond acceptors (Lipinski definition) is 4. The van der Waals surface area contributed by atoms with Crippen molar-refractivity contribution in [2.75, 3.05) is 12.4 Å². The lowest BCUT2D eigenvalue weighted by atomic mass is 9.71. The summed E-state index contributed by atoms with van der Waals surface area (Å²) in [5.41, 5.74) is 1.97. The van der Waals surface area contributed by atoms with Gasteiger partial charge in [0.25, 0.3) is 5.91 Å². The van der Waals surface area contributed by atoms with Crippen LogP contribution < -0.4 is 10.1 Å². The van der Waals surface area contributed by atoms with Crippen molar-refractivity contribution in [3.63, 3.8) is 0 Å². The number of amides is 1. The number of fused-ring (bicyclic) bond motifs is 1. The molecule has 1 atom stereocenters. The molecule has 6 heteroatoms. The molecule has 0 saturated heterocycles. The summed E-state index contributed by atoms with van der Waals surface area (Å²) < 4.78 is 10.7. The fourth-order valence-electron chi connectivity index (χ4n) is 3.28. The first kappa shape index (κ1) is 17.8. The molecule has 0 radical (unpaired) electrons. The van der Waals surface area contributed by atoms with Crippen molar-refractivity contribution < 1.29 is 14.1 Å². The molecule has 1 heterocycles. The fourth-order valence-corrected chi connectivity index (χ4v) is 3.45. The summed E-state index contributed by atoms with van der Waals surface area (Å²) in [4.78, 5) is 12.8. The molecule has 0 unspecified atom stereocenters. The molecule has 2 aromatic rings. The number of hydrogen-bond donors (Lipinski definition) is 1. The van der Waals surface area contributed by atoms with Gasteiger partial charge < -0.3 is 14.6 Å². The highest BCUT2D eigenvalue weighted by Gasteiger charge is 2.34. The van der Waals surface area contributed by atoms with E-state index < -0.39 is 0 Å². The van der Waals surface area contributed by atoms with Gasteiger partial charge in [0.1, 0.15) is 11.5 Å². The highest BCUT2D eigenvalue weighted by atomic mass is 35.5. The fraction of sp³-hybridized carbons (Fsp3) is 0.474. The number of ether oxygens (including phenoxy) is 1. The van der Waals surface area contributed by atoms with E-state index in [0.29, 0.717) is 28.1 Å². The largest absolute Gasteiger partial charge is 0.495 e. The minimum Gasteiger partial charge on any atom is -0.495 e. The van der Waals surface area contributed by atoms with E-state index in [2.05, 4.69) is 31.2 Å². The van der Waals surface area contributed by atoms with Crippen molar-refractivity contribution >= 4 is 23.2 Å². The highest BCUT2D eigenvalue weighted by Crippen LogP contribution is 2.38. The number of benzene rings is 1. The molecule has 0 saturated carbocycles. The van der Waals surface area contributed by atoms with E-state index in [1.54, 1.807) is 25.3 Å². The Hall–Kier alpha value is -2.01. The third-order valence-electron chi connectivity index (χ3n) is 4.89. The van der Waals surface area contributed by atoms with E-state index in [1.807, 2.05) is 0 Å². The summed E-state index contributed by atoms with van der Waals surface area (Å²) >= 11 is 6.03. The predicted molar refractivity (Wildman–Crippen MR) is 97.4 cm³/mol. The van der Waals surface area contributed by atoms with Crippen LogP contribution in [0.2, 0.25) is 5.02 Å². The van der Waals surface area contributed by atoms with Crippen LogP contribution in [-0.2, 0) is 12.8 Å². The summed E-state index contributed by atoms with van der Waals surface area (Å²) in [6, 6.07) is 5.08. The van der Waals surface area contributed by atoms with Crippen LogP contribution in [-0.4, -0.2) is 18.2 Å². The van der Waals surface area contributed by atoms with Crippen LogP contribution in [0.15, 0.2) is 22.7 Å². The number of methoxy groups -OCH3 is 1. The Bertz CT molecular complexity index is 792. The number of aryl methyl sites for hydroxylation is 1. The number of carbonyl (C=O) groups is 1. The molecular weight excluding hydrogens is 340 g/mol. The number of carbonyl (C=O) groups excluding carboxylic acids is 1. The Kier molecular flexibility index (Phi) is 4.78. The Labute approximate surface area is 152 Å². The molecule has 1 N–H and O–H groups in total. The van der Waals surface area contributed by atoms with Gasteiger partial charge in [-0.2, -0.15) is 0 Å². The number of nitrogens with one attached hydrogen (secondary N) is 1. The van der Waals surface area contributed by atoms with Crippen LogP contribution in [0.5, 0.6) is 5.75 Å². The van der Waals surface area contributed by atoms with Crippen molar-refractivity contribution in [2.24, 2.45) is 11.3 Å². The van der Waals surface area contributed by atoms with Gasteiger partial charge in [0.2, 0.25) is 0 Å². The molecular formula is C19H23ClN2O3. The molecule has 1 aromatic heterocycles. The van der Waals surface area contributed by atoms with E-state index >= 15 is 0 Å². The SMILES string of the molecule is COc1ccc(Cl)cc1NC(=O)c1noc2c1C[C@@H](C(C)(C)C)CC2. The monoisotopic (exact) mass is 362 g/mol. The normalized spacial score (nSPS) is 17.1. The van der Waals surface area contributed by atoms with E-state index in [0.717, 1.165) is 30.6 Å². The van der Waals surface area contributed by atoms with E-state index in [9.17, 15) is 4.79 Å². The van der Waals surface area contributed by atoms with Crippen molar-refractivity contribution in [3.8, 4) is 5.75 Å². The van der Waals surface area contributed by atoms with Gasteiger partial charge in [0.15, 0.2) is 5.69 Å². The molecule has 0 spiro atoms. The second kappa shape index (κ2) is 6.71. The first-order chi connectivity index (χ1) is 11.8. The van der Waals surface area contributed by atoms with Gasteiger partial charge >= 0.3 is 0 Å². The van der Waals surface area contributed by atoms with Crippen LogP contribution in [0.4, 0.5) is 5.69 Å². The summed E-state index contributed by atoms with van der Waals surface area (Å²) in [5, 5.41) is 7.38. The Morgan fingerprint density at radius 1 is 1.40 bits per heavy atom. The maximum absolute atomic E-state index is 12.8. The van der Waals surface area contributed by atoms with Gasteiger partial charge in [-0.15, -0.1) is 0 Å². The van der Waals surface area contributed by atoms with Crippen molar-refractivity contribution in [1.29, 1.82) is 0 Å². The zero-order valence-electron chi connectivity index (χ0n) is 15.0. The Morgan fingerprint density at radius 2 is 2.16 bits per heavy atom. The Morgan fingerprint density at radius 3 is 2.84 bits per heavy atom. The maximum Gasteiger partial charge on any atom is 0.278 e. The minimum absolute atomic E-state index is 0.179. The lowest BCUT2D eigenvalue weighted by molar-refractivity contribution is 0.101. The first-order valence-corrected chi connectivity index (χ1v) is 8.79. The van der Waals surface area contributed by atoms with Gasteiger partial charge in [0.05, 0.1) is 12.8 Å². The quantitative estimate of drug-likeness (QED) is 0.856. The molecule has 0 bridgehead atoms. The maximum atomic E-state index is 12.8. The lowest BCUT2D eigenvalue weighted by Gasteiger charge is -2.33. The molecule has 3 rings (SSSR count). The average molecular weight is 363 g/mol. The van der Waals surface area contributed by atoms with Crippen molar-refractivity contribution in [2.45, 2.75) is 40.0 Å². The second-order valence-electron chi connectivity index (χ2n) is 7.54. The molecule has 1 amide bonds. The standard InChI is InChI=1S/C19H23ClN2O3/c1-19(2,3)11-5-7-15-13(9-11)17(22-25-15)18(23)21-14-10-12(20)6-8-16(14)24-4/h6,8,10-11H,5,7,9H2,1-4H3,(H,21,23)/t11-/m0/s1. The van der Waals surface area contributed by atoms with Crippen LogP contribution in [0, 0.1) is 11.3 Å². The summed E-state index contributed by atoms with van der Waals surface area (Å²) in [6.45, 7) is 6.69. The average Bonchev–Trinajstić information content (AvgIpc) is 2.97. The van der Waals surface area contributed by atoms with Crippen LogP contribution >= 0.6 is 11.6 Å². The highest BCUT2D eigenvalue weighted by molar-refractivity contribution is 6.31. The number of anilines is 1. The van der Waals surface area contributed by atoms with Gasteiger partial charge in [0, 0.05) is 17.0 Å². The molecule has 0 aliphatic heterocycles. The number of rotatable bonds is 3. The second-order valence-corrected chi connectivity index (χ2v) is 7.97. The predicted octanol–water partition coefficient (Wildman–Crippen LogP) is 4.74. The zero-order chi connectivity index (χ0) is 18.2. The molecule has 5 nitrogen and oxygen atoms in total. The third-order valence-corrected chi connectivity index (χ3v) is 5.12.